The van der Waals surface area contributed by atoms with E-state index in [1.807, 2.05) is 4.90 Å². The lowest BCUT2D eigenvalue weighted by Gasteiger charge is -2.26. The van der Waals surface area contributed by atoms with Crippen LogP contribution in [0.5, 0.6) is 0 Å². The highest BCUT2D eigenvalue weighted by Gasteiger charge is 2.18. The monoisotopic (exact) mass is 223 g/mol. The predicted molar refractivity (Wildman–Crippen MR) is 59.1 cm³/mol. The summed E-state index contributed by atoms with van der Waals surface area (Å²) in [6.45, 7) is 2.01. The van der Waals surface area contributed by atoms with E-state index >= 15 is 0 Å². The number of amides is 1. The zero-order valence-corrected chi connectivity index (χ0v) is 8.87. The molecule has 4 nitrogen and oxygen atoms in total. The van der Waals surface area contributed by atoms with Crippen molar-refractivity contribution in [3.63, 3.8) is 0 Å². The number of nitrogens with zero attached hydrogens (tertiary/aromatic N) is 1. The lowest BCUT2D eigenvalue weighted by atomic mass is 10.1. The SMILES string of the molecule is Nc1cccc(F)c1CN1CCNC(=O)C1. The van der Waals surface area contributed by atoms with Gasteiger partial charge >= 0.3 is 0 Å². The van der Waals surface area contributed by atoms with Gasteiger partial charge in [0, 0.05) is 30.9 Å². The molecule has 1 fully saturated rings. The summed E-state index contributed by atoms with van der Waals surface area (Å²) in [5.74, 6) is -0.341. The summed E-state index contributed by atoms with van der Waals surface area (Å²) in [7, 11) is 0. The summed E-state index contributed by atoms with van der Waals surface area (Å²) < 4.78 is 13.5. The number of nitrogens with two attached hydrogens (primary N) is 1. The van der Waals surface area contributed by atoms with Crippen molar-refractivity contribution in [2.24, 2.45) is 0 Å². The van der Waals surface area contributed by atoms with E-state index in [-0.39, 0.29) is 11.7 Å². The van der Waals surface area contributed by atoms with E-state index in [1.165, 1.54) is 6.07 Å². The number of hydrogen-bond acceptors (Lipinski definition) is 3. The van der Waals surface area contributed by atoms with E-state index in [2.05, 4.69) is 5.32 Å². The van der Waals surface area contributed by atoms with Gasteiger partial charge in [0.1, 0.15) is 5.82 Å². The van der Waals surface area contributed by atoms with Crippen LogP contribution in [0.1, 0.15) is 5.56 Å². The summed E-state index contributed by atoms with van der Waals surface area (Å²) in [5, 5.41) is 2.72. The molecule has 0 atom stereocenters. The number of halogens is 1. The van der Waals surface area contributed by atoms with Crippen LogP contribution in [0.15, 0.2) is 18.2 Å². The van der Waals surface area contributed by atoms with Crippen molar-refractivity contribution < 1.29 is 9.18 Å². The van der Waals surface area contributed by atoms with Gasteiger partial charge in [0.2, 0.25) is 5.91 Å². The van der Waals surface area contributed by atoms with E-state index in [4.69, 9.17) is 5.73 Å². The molecule has 3 N–H and O–H groups in total. The minimum atomic E-state index is -0.314. The molecular weight excluding hydrogens is 209 g/mol. The number of nitrogen functional groups attached to an aromatic ring is 1. The molecule has 1 heterocycles. The molecule has 0 saturated carbocycles. The van der Waals surface area contributed by atoms with E-state index in [0.717, 1.165) is 6.54 Å². The lowest BCUT2D eigenvalue weighted by Crippen LogP contribution is -2.47. The summed E-state index contributed by atoms with van der Waals surface area (Å²) in [5.41, 5.74) is 6.61. The van der Waals surface area contributed by atoms with Crippen molar-refractivity contribution in [3.8, 4) is 0 Å². The predicted octanol–water partition coefficient (Wildman–Crippen LogP) is 0.340. The zero-order valence-electron chi connectivity index (χ0n) is 8.87. The van der Waals surface area contributed by atoms with Crippen LogP contribution in [0.25, 0.3) is 0 Å². The maximum absolute atomic E-state index is 13.5. The second kappa shape index (κ2) is 4.49. The molecular formula is C11H14FN3O. The van der Waals surface area contributed by atoms with Crippen molar-refractivity contribution in [2.45, 2.75) is 6.54 Å². The Balaban J connectivity index is 2.11. The second-order valence-corrected chi connectivity index (χ2v) is 3.87. The van der Waals surface area contributed by atoms with Crippen LogP contribution in [0.4, 0.5) is 10.1 Å². The molecule has 0 unspecified atom stereocenters. The van der Waals surface area contributed by atoms with Gasteiger partial charge in [-0.05, 0) is 12.1 Å². The number of carbonyl (C=O) groups is 1. The van der Waals surface area contributed by atoms with Crippen LogP contribution < -0.4 is 11.1 Å². The van der Waals surface area contributed by atoms with Crippen LogP contribution in [-0.4, -0.2) is 30.4 Å². The standard InChI is InChI=1S/C11H14FN3O/c12-9-2-1-3-10(13)8(9)6-15-5-4-14-11(16)7-15/h1-3H,4-7,13H2,(H,14,16). The first-order valence-electron chi connectivity index (χ1n) is 5.19. The quantitative estimate of drug-likeness (QED) is 0.711. The van der Waals surface area contributed by atoms with Crippen molar-refractivity contribution in [2.75, 3.05) is 25.4 Å². The van der Waals surface area contributed by atoms with Gasteiger partial charge in [-0.15, -0.1) is 0 Å². The van der Waals surface area contributed by atoms with Crippen molar-refractivity contribution >= 4 is 11.6 Å². The average molecular weight is 223 g/mol. The molecule has 1 amide bonds. The molecule has 0 spiro atoms. The molecule has 16 heavy (non-hydrogen) atoms. The Morgan fingerprint density at radius 2 is 2.31 bits per heavy atom. The summed E-state index contributed by atoms with van der Waals surface area (Å²) >= 11 is 0. The first-order chi connectivity index (χ1) is 7.66. The molecule has 1 aromatic carbocycles. The fourth-order valence-electron chi connectivity index (χ4n) is 1.79. The number of hydrogen-bond donors (Lipinski definition) is 2. The Morgan fingerprint density at radius 3 is 3.00 bits per heavy atom. The smallest absolute Gasteiger partial charge is 0.234 e. The molecule has 0 bridgehead atoms. The topological polar surface area (TPSA) is 58.4 Å². The number of piperazine rings is 1. The molecule has 1 aliphatic rings. The van der Waals surface area contributed by atoms with Gasteiger partial charge in [0.25, 0.3) is 0 Å². The van der Waals surface area contributed by atoms with Crippen molar-refractivity contribution in [1.29, 1.82) is 0 Å². The highest BCUT2D eigenvalue weighted by molar-refractivity contribution is 5.78. The molecule has 0 radical (unpaired) electrons. The fraction of sp³-hybridized carbons (Fsp3) is 0.364. The Labute approximate surface area is 93.2 Å². The van der Waals surface area contributed by atoms with Crippen molar-refractivity contribution in [3.05, 3.63) is 29.6 Å². The van der Waals surface area contributed by atoms with E-state index < -0.39 is 0 Å². The Hall–Kier alpha value is -1.62. The third-order valence-corrected chi connectivity index (χ3v) is 2.65. The van der Waals surface area contributed by atoms with Gasteiger partial charge < -0.3 is 11.1 Å². The average Bonchev–Trinajstić information content (AvgIpc) is 2.24. The van der Waals surface area contributed by atoms with Crippen molar-refractivity contribution in [1.82, 2.24) is 10.2 Å². The van der Waals surface area contributed by atoms with Crippen LogP contribution in [-0.2, 0) is 11.3 Å². The summed E-state index contributed by atoms with van der Waals surface area (Å²) in [6.07, 6.45) is 0. The van der Waals surface area contributed by atoms with Gasteiger partial charge in [0.05, 0.1) is 6.54 Å². The van der Waals surface area contributed by atoms with Crippen LogP contribution in [0, 0.1) is 5.82 Å². The number of benzene rings is 1. The Bertz CT molecular complexity index is 388. The summed E-state index contributed by atoms with van der Waals surface area (Å²) in [6, 6.07) is 4.63. The highest BCUT2D eigenvalue weighted by atomic mass is 19.1. The molecule has 0 aromatic heterocycles. The Morgan fingerprint density at radius 1 is 1.50 bits per heavy atom. The normalized spacial score (nSPS) is 17.2. The minimum absolute atomic E-state index is 0.0267. The number of rotatable bonds is 2. The zero-order chi connectivity index (χ0) is 11.5. The molecule has 1 aromatic rings. The van der Waals surface area contributed by atoms with E-state index in [9.17, 15) is 9.18 Å². The number of carbonyl (C=O) groups excluding carboxylic acids is 1. The second-order valence-electron chi connectivity index (χ2n) is 3.87. The lowest BCUT2D eigenvalue weighted by molar-refractivity contribution is -0.124. The van der Waals surface area contributed by atoms with Gasteiger partial charge in [-0.1, -0.05) is 6.07 Å². The van der Waals surface area contributed by atoms with Crippen LogP contribution in [0.3, 0.4) is 0 Å². The maximum Gasteiger partial charge on any atom is 0.234 e. The Kier molecular flexibility index (Phi) is 3.05. The fourth-order valence-corrected chi connectivity index (χ4v) is 1.79. The van der Waals surface area contributed by atoms with Gasteiger partial charge in [-0.2, -0.15) is 0 Å². The molecule has 86 valence electrons. The molecule has 1 aliphatic heterocycles. The van der Waals surface area contributed by atoms with E-state index in [0.29, 0.717) is 30.9 Å². The number of nitrogens with one attached hydrogen (secondary N) is 1. The highest BCUT2D eigenvalue weighted by Crippen LogP contribution is 2.17. The van der Waals surface area contributed by atoms with Gasteiger partial charge in [0.15, 0.2) is 0 Å². The summed E-state index contributed by atoms with van der Waals surface area (Å²) in [4.78, 5) is 13.0. The first kappa shape index (κ1) is 10.9. The van der Waals surface area contributed by atoms with E-state index in [1.54, 1.807) is 12.1 Å². The minimum Gasteiger partial charge on any atom is -0.398 e. The number of anilines is 1. The molecule has 0 aliphatic carbocycles. The molecule has 2 rings (SSSR count). The first-order valence-corrected chi connectivity index (χ1v) is 5.19. The van der Waals surface area contributed by atoms with Crippen LogP contribution in [0.2, 0.25) is 0 Å². The third-order valence-electron chi connectivity index (χ3n) is 2.65. The van der Waals surface area contributed by atoms with Crippen LogP contribution >= 0.6 is 0 Å². The molecule has 1 saturated heterocycles. The third kappa shape index (κ3) is 2.30. The molecule has 5 heteroatoms. The van der Waals surface area contributed by atoms with Gasteiger partial charge in [-0.25, -0.2) is 4.39 Å². The maximum atomic E-state index is 13.5. The largest absolute Gasteiger partial charge is 0.398 e. The van der Waals surface area contributed by atoms with Gasteiger partial charge in [-0.3, -0.25) is 9.69 Å².